The first-order valence-electron chi connectivity index (χ1n) is 8.66. The molecule has 24 heavy (non-hydrogen) atoms. The van der Waals surface area contributed by atoms with Crippen LogP contribution in [0.5, 0.6) is 0 Å². The second-order valence-corrected chi connectivity index (χ2v) is 6.44. The van der Waals surface area contributed by atoms with E-state index in [1.165, 1.54) is 6.33 Å². The molecule has 2 aliphatic heterocycles. The zero-order chi connectivity index (χ0) is 16.9. The van der Waals surface area contributed by atoms with Gasteiger partial charge in [-0.05, 0) is 25.7 Å². The van der Waals surface area contributed by atoms with E-state index in [4.69, 9.17) is 4.74 Å². The summed E-state index contributed by atoms with van der Waals surface area (Å²) < 4.78 is 7.17. The van der Waals surface area contributed by atoms with E-state index in [2.05, 4.69) is 15.4 Å². The minimum atomic E-state index is -0.262. The van der Waals surface area contributed by atoms with Crippen LogP contribution < -0.4 is 5.32 Å². The SMILES string of the molecule is Cn1ncnc1CCNC(=O)C1CCN(C(=O)C2CCCO2)CC1. The maximum absolute atomic E-state index is 12.3. The molecule has 8 nitrogen and oxygen atoms in total. The molecule has 2 aliphatic rings. The smallest absolute Gasteiger partial charge is 0.251 e. The summed E-state index contributed by atoms with van der Waals surface area (Å²) in [6.07, 6.45) is 5.13. The quantitative estimate of drug-likeness (QED) is 0.811. The Morgan fingerprint density at radius 3 is 2.75 bits per heavy atom. The number of ether oxygens (including phenoxy) is 1. The summed E-state index contributed by atoms with van der Waals surface area (Å²) in [5.41, 5.74) is 0. The number of hydrogen-bond donors (Lipinski definition) is 1. The minimum absolute atomic E-state index is 0.0157. The number of amides is 2. The number of piperidine rings is 1. The highest BCUT2D eigenvalue weighted by molar-refractivity contribution is 5.82. The highest BCUT2D eigenvalue weighted by Gasteiger charge is 2.32. The van der Waals surface area contributed by atoms with Crippen molar-refractivity contribution in [2.45, 2.75) is 38.2 Å². The van der Waals surface area contributed by atoms with Gasteiger partial charge in [-0.25, -0.2) is 4.98 Å². The summed E-state index contributed by atoms with van der Waals surface area (Å²) in [4.78, 5) is 30.5. The molecule has 0 radical (unpaired) electrons. The third kappa shape index (κ3) is 3.92. The second-order valence-electron chi connectivity index (χ2n) is 6.44. The molecule has 1 aromatic heterocycles. The number of carbonyl (C=O) groups excluding carboxylic acids is 2. The predicted molar refractivity (Wildman–Crippen MR) is 86.0 cm³/mol. The number of aromatic nitrogens is 3. The average molecular weight is 335 g/mol. The highest BCUT2D eigenvalue weighted by Crippen LogP contribution is 2.21. The molecule has 2 fully saturated rings. The number of nitrogens with one attached hydrogen (secondary N) is 1. The lowest BCUT2D eigenvalue weighted by Gasteiger charge is -2.32. The number of likely N-dealkylation sites (tertiary alicyclic amines) is 1. The molecular formula is C16H25N5O3. The lowest BCUT2D eigenvalue weighted by Crippen LogP contribution is -2.46. The molecule has 0 aliphatic carbocycles. The maximum Gasteiger partial charge on any atom is 0.251 e. The summed E-state index contributed by atoms with van der Waals surface area (Å²) in [5.74, 6) is 1.00. The molecule has 3 rings (SSSR count). The molecule has 1 unspecified atom stereocenters. The van der Waals surface area contributed by atoms with E-state index in [9.17, 15) is 9.59 Å². The summed E-state index contributed by atoms with van der Waals surface area (Å²) in [6.45, 7) is 2.52. The van der Waals surface area contributed by atoms with E-state index in [1.54, 1.807) is 4.68 Å². The van der Waals surface area contributed by atoms with Crippen molar-refractivity contribution in [3.05, 3.63) is 12.2 Å². The number of aryl methyl sites for hydroxylation is 1. The van der Waals surface area contributed by atoms with Gasteiger partial charge in [-0.3, -0.25) is 14.3 Å². The Kier molecular flexibility index (Phi) is 5.44. The summed E-state index contributed by atoms with van der Waals surface area (Å²) >= 11 is 0. The fraction of sp³-hybridized carbons (Fsp3) is 0.750. The fourth-order valence-electron chi connectivity index (χ4n) is 3.33. The fourth-order valence-corrected chi connectivity index (χ4v) is 3.33. The molecule has 0 saturated carbocycles. The first-order valence-corrected chi connectivity index (χ1v) is 8.66. The third-order valence-electron chi connectivity index (χ3n) is 4.84. The topological polar surface area (TPSA) is 89.4 Å². The van der Waals surface area contributed by atoms with E-state index >= 15 is 0 Å². The van der Waals surface area contributed by atoms with Crippen LogP contribution in [0.1, 0.15) is 31.5 Å². The molecule has 0 spiro atoms. The van der Waals surface area contributed by atoms with Gasteiger partial charge in [0.2, 0.25) is 5.91 Å². The Morgan fingerprint density at radius 2 is 2.12 bits per heavy atom. The summed E-state index contributed by atoms with van der Waals surface area (Å²) in [5, 5.41) is 6.98. The molecule has 1 atom stereocenters. The molecule has 8 heteroatoms. The molecule has 3 heterocycles. The van der Waals surface area contributed by atoms with Gasteiger partial charge >= 0.3 is 0 Å². The minimum Gasteiger partial charge on any atom is -0.368 e. The van der Waals surface area contributed by atoms with Crippen molar-refractivity contribution in [1.29, 1.82) is 0 Å². The van der Waals surface area contributed by atoms with Crippen LogP contribution in [0.4, 0.5) is 0 Å². The Hall–Kier alpha value is -1.96. The Labute approximate surface area is 141 Å². The molecular weight excluding hydrogens is 310 g/mol. The molecule has 132 valence electrons. The van der Waals surface area contributed by atoms with Crippen LogP contribution in [0, 0.1) is 5.92 Å². The van der Waals surface area contributed by atoms with Crippen molar-refractivity contribution in [2.75, 3.05) is 26.2 Å². The highest BCUT2D eigenvalue weighted by atomic mass is 16.5. The van der Waals surface area contributed by atoms with E-state index in [-0.39, 0.29) is 23.8 Å². The number of carbonyl (C=O) groups is 2. The van der Waals surface area contributed by atoms with Crippen molar-refractivity contribution < 1.29 is 14.3 Å². The predicted octanol–water partition coefficient (Wildman–Crippen LogP) is -0.109. The molecule has 0 bridgehead atoms. The largest absolute Gasteiger partial charge is 0.368 e. The monoisotopic (exact) mass is 335 g/mol. The first kappa shape index (κ1) is 16.9. The van der Waals surface area contributed by atoms with Crippen molar-refractivity contribution in [2.24, 2.45) is 13.0 Å². The van der Waals surface area contributed by atoms with Gasteiger partial charge in [-0.2, -0.15) is 5.10 Å². The van der Waals surface area contributed by atoms with E-state index < -0.39 is 0 Å². The molecule has 1 N–H and O–H groups in total. The average Bonchev–Trinajstić information content (AvgIpc) is 3.26. The van der Waals surface area contributed by atoms with Crippen molar-refractivity contribution >= 4 is 11.8 Å². The van der Waals surface area contributed by atoms with Gasteiger partial charge in [-0.15, -0.1) is 0 Å². The zero-order valence-corrected chi connectivity index (χ0v) is 14.1. The summed E-state index contributed by atoms with van der Waals surface area (Å²) in [7, 11) is 1.84. The molecule has 1 aromatic rings. The molecule has 2 amide bonds. The van der Waals surface area contributed by atoms with Crippen LogP contribution in [0.15, 0.2) is 6.33 Å². The van der Waals surface area contributed by atoms with Gasteiger partial charge in [-0.1, -0.05) is 0 Å². The van der Waals surface area contributed by atoms with Gasteiger partial charge in [0.05, 0.1) is 0 Å². The van der Waals surface area contributed by atoms with E-state index in [0.717, 1.165) is 18.7 Å². The third-order valence-corrected chi connectivity index (χ3v) is 4.84. The zero-order valence-electron chi connectivity index (χ0n) is 14.1. The molecule has 0 aromatic carbocycles. The standard InChI is InChI=1S/C16H25N5O3/c1-20-14(18-11-19-20)4-7-17-15(22)12-5-8-21(9-6-12)16(23)13-3-2-10-24-13/h11-13H,2-10H2,1H3,(H,17,22). The van der Waals surface area contributed by atoms with Crippen LogP contribution in [0.25, 0.3) is 0 Å². The van der Waals surface area contributed by atoms with Crippen molar-refractivity contribution in [1.82, 2.24) is 25.0 Å². The number of hydrogen-bond acceptors (Lipinski definition) is 5. The van der Waals surface area contributed by atoms with Crippen LogP contribution in [0.2, 0.25) is 0 Å². The lowest BCUT2D eigenvalue weighted by atomic mass is 9.95. The van der Waals surface area contributed by atoms with Gasteiger partial charge in [0, 0.05) is 45.6 Å². The van der Waals surface area contributed by atoms with Gasteiger partial charge < -0.3 is 15.0 Å². The normalized spacial score (nSPS) is 21.9. The lowest BCUT2D eigenvalue weighted by molar-refractivity contribution is -0.143. The van der Waals surface area contributed by atoms with Crippen molar-refractivity contribution in [3.8, 4) is 0 Å². The van der Waals surface area contributed by atoms with E-state index in [0.29, 0.717) is 45.5 Å². The number of nitrogens with zero attached hydrogens (tertiary/aromatic N) is 4. The van der Waals surface area contributed by atoms with Gasteiger partial charge in [0.15, 0.2) is 0 Å². The molecule has 2 saturated heterocycles. The van der Waals surface area contributed by atoms with Crippen LogP contribution in [-0.2, 0) is 27.8 Å². The van der Waals surface area contributed by atoms with Crippen LogP contribution >= 0.6 is 0 Å². The Balaban J connectivity index is 1.38. The van der Waals surface area contributed by atoms with Crippen LogP contribution in [0.3, 0.4) is 0 Å². The Bertz CT molecular complexity index is 574. The number of rotatable bonds is 5. The van der Waals surface area contributed by atoms with Gasteiger partial charge in [0.25, 0.3) is 5.91 Å². The second kappa shape index (κ2) is 7.74. The van der Waals surface area contributed by atoms with Crippen LogP contribution in [-0.4, -0.2) is 63.8 Å². The Morgan fingerprint density at radius 1 is 1.33 bits per heavy atom. The van der Waals surface area contributed by atoms with Crippen molar-refractivity contribution in [3.63, 3.8) is 0 Å². The van der Waals surface area contributed by atoms with Gasteiger partial charge in [0.1, 0.15) is 18.3 Å². The summed E-state index contributed by atoms with van der Waals surface area (Å²) in [6, 6.07) is 0. The van der Waals surface area contributed by atoms with E-state index in [1.807, 2.05) is 11.9 Å². The first-order chi connectivity index (χ1) is 11.6. The maximum atomic E-state index is 12.3.